The van der Waals surface area contributed by atoms with Crippen molar-refractivity contribution in [2.24, 2.45) is 0 Å². The van der Waals surface area contributed by atoms with Gasteiger partial charge in [-0.05, 0) is 36.2 Å². The third-order valence-electron chi connectivity index (χ3n) is 3.78. The number of anilines is 1. The molecule has 1 aliphatic rings. The predicted octanol–water partition coefficient (Wildman–Crippen LogP) is 2.94. The summed E-state index contributed by atoms with van der Waals surface area (Å²) in [6.45, 7) is 0.999. The van der Waals surface area contributed by atoms with E-state index >= 15 is 0 Å². The van der Waals surface area contributed by atoms with Crippen molar-refractivity contribution in [2.75, 3.05) is 18.1 Å². The summed E-state index contributed by atoms with van der Waals surface area (Å²) < 4.78 is 10.6. The number of carbonyl (C=O) groups is 2. The van der Waals surface area contributed by atoms with Gasteiger partial charge in [-0.2, -0.15) is 0 Å². The first-order valence-corrected chi connectivity index (χ1v) is 7.95. The van der Waals surface area contributed by atoms with Gasteiger partial charge in [0.15, 0.2) is 0 Å². The van der Waals surface area contributed by atoms with Crippen LogP contribution in [-0.2, 0) is 20.9 Å². The Hall–Kier alpha value is -2.66. The van der Waals surface area contributed by atoms with Gasteiger partial charge >= 0.3 is 5.97 Å². The maximum absolute atomic E-state index is 11.8. The quantitative estimate of drug-likeness (QED) is 0.605. The SMILES string of the molecule is O=C(COCc1ccccc1)Oc1ccc(N2CCCC2=O)cc1. The Morgan fingerprint density at radius 1 is 1.04 bits per heavy atom. The minimum Gasteiger partial charge on any atom is -0.425 e. The number of amides is 1. The smallest absolute Gasteiger partial charge is 0.337 e. The Balaban J connectivity index is 1.47. The number of benzene rings is 2. The third kappa shape index (κ3) is 4.20. The fourth-order valence-electron chi connectivity index (χ4n) is 2.60. The third-order valence-corrected chi connectivity index (χ3v) is 3.78. The molecule has 24 heavy (non-hydrogen) atoms. The number of hydrogen-bond donors (Lipinski definition) is 0. The second-order valence-corrected chi connectivity index (χ2v) is 5.60. The molecule has 0 unspecified atom stereocenters. The van der Waals surface area contributed by atoms with Crippen molar-refractivity contribution < 1.29 is 19.1 Å². The Bertz CT molecular complexity index is 697. The molecular weight excluding hydrogens is 306 g/mol. The Labute approximate surface area is 140 Å². The van der Waals surface area contributed by atoms with Gasteiger partial charge in [-0.25, -0.2) is 4.79 Å². The fourth-order valence-corrected chi connectivity index (χ4v) is 2.60. The van der Waals surface area contributed by atoms with Crippen LogP contribution in [0.25, 0.3) is 0 Å². The summed E-state index contributed by atoms with van der Waals surface area (Å²) in [6.07, 6.45) is 1.48. The molecule has 5 heteroatoms. The topological polar surface area (TPSA) is 55.8 Å². The second kappa shape index (κ2) is 7.75. The van der Waals surface area contributed by atoms with Crippen LogP contribution in [0, 0.1) is 0 Å². The first kappa shape index (κ1) is 16.2. The molecule has 0 saturated carbocycles. The summed E-state index contributed by atoms with van der Waals surface area (Å²) in [5, 5.41) is 0. The van der Waals surface area contributed by atoms with E-state index in [0.717, 1.165) is 24.2 Å². The maximum atomic E-state index is 11.8. The number of carbonyl (C=O) groups excluding carboxylic acids is 2. The number of rotatable bonds is 6. The summed E-state index contributed by atoms with van der Waals surface area (Å²) in [7, 11) is 0. The van der Waals surface area contributed by atoms with E-state index in [4.69, 9.17) is 9.47 Å². The Kier molecular flexibility index (Phi) is 5.23. The minimum atomic E-state index is -0.448. The second-order valence-electron chi connectivity index (χ2n) is 5.60. The molecule has 0 aromatic heterocycles. The molecule has 124 valence electrons. The van der Waals surface area contributed by atoms with Crippen molar-refractivity contribution in [2.45, 2.75) is 19.4 Å². The molecule has 5 nitrogen and oxygen atoms in total. The van der Waals surface area contributed by atoms with Gasteiger partial charge in [-0.15, -0.1) is 0 Å². The van der Waals surface area contributed by atoms with Gasteiger partial charge in [-0.3, -0.25) is 4.79 Å². The van der Waals surface area contributed by atoms with E-state index in [9.17, 15) is 9.59 Å². The lowest BCUT2D eigenvalue weighted by atomic mass is 10.2. The molecule has 1 heterocycles. The zero-order chi connectivity index (χ0) is 16.8. The van der Waals surface area contributed by atoms with Gasteiger partial charge in [0, 0.05) is 18.7 Å². The number of esters is 1. The maximum Gasteiger partial charge on any atom is 0.337 e. The van der Waals surface area contributed by atoms with E-state index < -0.39 is 5.97 Å². The van der Waals surface area contributed by atoms with Gasteiger partial charge in [-0.1, -0.05) is 30.3 Å². The largest absolute Gasteiger partial charge is 0.425 e. The Morgan fingerprint density at radius 3 is 2.46 bits per heavy atom. The molecule has 0 spiro atoms. The van der Waals surface area contributed by atoms with Crippen molar-refractivity contribution in [3.63, 3.8) is 0 Å². The number of hydrogen-bond acceptors (Lipinski definition) is 4. The van der Waals surface area contributed by atoms with E-state index in [1.165, 1.54) is 0 Å². The van der Waals surface area contributed by atoms with Crippen LogP contribution in [0.2, 0.25) is 0 Å². The summed E-state index contributed by atoms with van der Waals surface area (Å²) in [5.74, 6) is 0.128. The minimum absolute atomic E-state index is 0.110. The molecule has 1 amide bonds. The molecule has 2 aromatic carbocycles. The first-order chi connectivity index (χ1) is 11.7. The molecule has 1 saturated heterocycles. The van der Waals surface area contributed by atoms with Crippen molar-refractivity contribution >= 4 is 17.6 Å². The van der Waals surface area contributed by atoms with Crippen LogP contribution in [-0.4, -0.2) is 25.0 Å². The first-order valence-electron chi connectivity index (χ1n) is 7.95. The molecule has 3 rings (SSSR count). The molecule has 1 aliphatic heterocycles. The van der Waals surface area contributed by atoms with Gasteiger partial charge in [0.2, 0.25) is 5.91 Å². The van der Waals surface area contributed by atoms with Crippen LogP contribution in [0.4, 0.5) is 5.69 Å². The summed E-state index contributed by atoms with van der Waals surface area (Å²) in [6, 6.07) is 16.6. The van der Waals surface area contributed by atoms with Crippen molar-refractivity contribution in [1.82, 2.24) is 0 Å². The molecular formula is C19H19NO4. The van der Waals surface area contributed by atoms with Gasteiger partial charge in [0.25, 0.3) is 0 Å². The lowest BCUT2D eigenvalue weighted by Gasteiger charge is -2.15. The lowest BCUT2D eigenvalue weighted by Crippen LogP contribution is -2.23. The van der Waals surface area contributed by atoms with Gasteiger partial charge in [0.1, 0.15) is 12.4 Å². The average molecular weight is 325 g/mol. The van der Waals surface area contributed by atoms with Crippen LogP contribution < -0.4 is 9.64 Å². The predicted molar refractivity (Wildman–Crippen MR) is 89.8 cm³/mol. The van der Waals surface area contributed by atoms with E-state index in [1.54, 1.807) is 29.2 Å². The highest BCUT2D eigenvalue weighted by Crippen LogP contribution is 2.23. The lowest BCUT2D eigenvalue weighted by molar-refractivity contribution is -0.139. The highest BCUT2D eigenvalue weighted by molar-refractivity contribution is 5.95. The fraction of sp³-hybridized carbons (Fsp3) is 0.263. The summed E-state index contributed by atoms with van der Waals surface area (Å²) in [4.78, 5) is 25.2. The molecule has 0 bridgehead atoms. The Morgan fingerprint density at radius 2 is 1.79 bits per heavy atom. The summed E-state index contributed by atoms with van der Waals surface area (Å²) in [5.41, 5.74) is 1.84. The van der Waals surface area contributed by atoms with Gasteiger partial charge < -0.3 is 14.4 Å². The van der Waals surface area contributed by atoms with Crippen LogP contribution in [0.1, 0.15) is 18.4 Å². The molecule has 0 aliphatic carbocycles. The molecule has 1 fully saturated rings. The van der Waals surface area contributed by atoms with Crippen LogP contribution in [0.15, 0.2) is 54.6 Å². The van der Waals surface area contributed by atoms with E-state index in [1.807, 2.05) is 30.3 Å². The molecule has 0 radical (unpaired) electrons. The monoisotopic (exact) mass is 325 g/mol. The highest BCUT2D eigenvalue weighted by atomic mass is 16.6. The van der Waals surface area contributed by atoms with Crippen LogP contribution in [0.5, 0.6) is 5.75 Å². The van der Waals surface area contributed by atoms with Crippen LogP contribution in [0.3, 0.4) is 0 Å². The average Bonchev–Trinajstić information content (AvgIpc) is 3.03. The number of nitrogens with zero attached hydrogens (tertiary/aromatic N) is 1. The van der Waals surface area contributed by atoms with Crippen molar-refractivity contribution in [3.05, 3.63) is 60.2 Å². The molecule has 2 aromatic rings. The van der Waals surface area contributed by atoms with Crippen molar-refractivity contribution in [1.29, 1.82) is 0 Å². The molecule has 0 N–H and O–H groups in total. The van der Waals surface area contributed by atoms with E-state index in [-0.39, 0.29) is 12.5 Å². The highest BCUT2D eigenvalue weighted by Gasteiger charge is 2.21. The van der Waals surface area contributed by atoms with Crippen molar-refractivity contribution in [3.8, 4) is 5.75 Å². The standard InChI is InChI=1S/C19H19NO4/c21-18-7-4-12-20(18)16-8-10-17(11-9-16)24-19(22)14-23-13-15-5-2-1-3-6-15/h1-3,5-6,8-11H,4,7,12-14H2. The zero-order valence-electron chi connectivity index (χ0n) is 13.3. The zero-order valence-corrected chi connectivity index (χ0v) is 13.3. The molecule has 0 atom stereocenters. The van der Waals surface area contributed by atoms with E-state index in [2.05, 4.69) is 0 Å². The number of ether oxygens (including phenoxy) is 2. The summed E-state index contributed by atoms with van der Waals surface area (Å²) >= 11 is 0. The van der Waals surface area contributed by atoms with E-state index in [0.29, 0.717) is 18.8 Å². The normalized spacial score (nSPS) is 14.0. The van der Waals surface area contributed by atoms with Gasteiger partial charge in [0.05, 0.1) is 6.61 Å². The van der Waals surface area contributed by atoms with Crippen LogP contribution >= 0.6 is 0 Å².